The first-order valence-corrected chi connectivity index (χ1v) is 7.14. The fraction of sp³-hybridized carbons (Fsp3) is 0.429. The molecule has 1 aromatic rings. The Kier molecular flexibility index (Phi) is 4.91. The van der Waals surface area contributed by atoms with Crippen LogP contribution >= 0.6 is 15.9 Å². The van der Waals surface area contributed by atoms with E-state index < -0.39 is 5.79 Å². The summed E-state index contributed by atoms with van der Waals surface area (Å²) in [6.45, 7) is 4.80. The summed E-state index contributed by atoms with van der Waals surface area (Å²) >= 11 is 3.45. The largest absolute Gasteiger partial charge is 0.347 e. The molecule has 0 saturated carbocycles. The van der Waals surface area contributed by atoms with Gasteiger partial charge in [0.2, 0.25) is 5.91 Å². The minimum absolute atomic E-state index is 0.127. The van der Waals surface area contributed by atoms with Crippen LogP contribution in [0.3, 0.4) is 0 Å². The van der Waals surface area contributed by atoms with Crippen molar-refractivity contribution in [2.75, 3.05) is 13.2 Å². The van der Waals surface area contributed by atoms with Crippen LogP contribution in [0.15, 0.2) is 27.8 Å². The number of hydrogen-bond donors (Lipinski definition) is 1. The van der Waals surface area contributed by atoms with E-state index in [-0.39, 0.29) is 12.3 Å². The van der Waals surface area contributed by atoms with E-state index in [2.05, 4.69) is 26.5 Å². The van der Waals surface area contributed by atoms with Crippen molar-refractivity contribution in [1.29, 1.82) is 0 Å². The molecule has 0 atom stereocenters. The van der Waals surface area contributed by atoms with Gasteiger partial charge in [0, 0.05) is 4.47 Å². The number of benzene rings is 1. The van der Waals surface area contributed by atoms with Crippen LogP contribution in [0.5, 0.6) is 0 Å². The van der Waals surface area contributed by atoms with E-state index in [1.165, 1.54) is 0 Å². The zero-order chi connectivity index (χ0) is 14.6. The highest BCUT2D eigenvalue weighted by molar-refractivity contribution is 9.10. The van der Waals surface area contributed by atoms with Crippen LogP contribution in [0.25, 0.3) is 0 Å². The number of hydrogen-bond acceptors (Lipinski definition) is 4. The van der Waals surface area contributed by atoms with Gasteiger partial charge >= 0.3 is 0 Å². The molecule has 0 spiro atoms. The molecular formula is C14H17BrN2O3. The molecule has 0 bridgehead atoms. The van der Waals surface area contributed by atoms with Gasteiger partial charge in [0.05, 0.1) is 25.8 Å². The maximum Gasteiger partial charge on any atom is 0.245 e. The van der Waals surface area contributed by atoms with Crippen molar-refractivity contribution in [2.45, 2.75) is 26.1 Å². The Hall–Kier alpha value is -1.24. The number of carbonyl (C=O) groups excluding carboxylic acids is 1. The van der Waals surface area contributed by atoms with Crippen LogP contribution in [0.2, 0.25) is 0 Å². The molecule has 0 unspecified atom stereocenters. The quantitative estimate of drug-likeness (QED) is 0.676. The lowest BCUT2D eigenvalue weighted by Gasteiger charge is -2.20. The van der Waals surface area contributed by atoms with Crippen LogP contribution < -0.4 is 5.43 Å². The fourth-order valence-electron chi connectivity index (χ4n) is 1.86. The second kappa shape index (κ2) is 6.47. The van der Waals surface area contributed by atoms with Gasteiger partial charge in [-0.2, -0.15) is 5.10 Å². The molecule has 0 aromatic heterocycles. The predicted molar refractivity (Wildman–Crippen MR) is 79.5 cm³/mol. The number of ether oxygens (including phenoxy) is 2. The summed E-state index contributed by atoms with van der Waals surface area (Å²) in [7, 11) is 0. The molecule has 1 aromatic carbocycles. The molecule has 108 valence electrons. The summed E-state index contributed by atoms with van der Waals surface area (Å²) in [5.41, 5.74) is 4.53. The van der Waals surface area contributed by atoms with E-state index in [9.17, 15) is 4.79 Å². The number of amides is 1. The zero-order valence-corrected chi connectivity index (χ0v) is 13.1. The van der Waals surface area contributed by atoms with Gasteiger partial charge in [0.15, 0.2) is 5.79 Å². The van der Waals surface area contributed by atoms with E-state index in [4.69, 9.17) is 9.47 Å². The number of hydrazone groups is 1. The SMILES string of the molecule is Cc1ccc(/C=N\NC(=O)CC2(C)OCCO2)cc1Br. The van der Waals surface area contributed by atoms with Crippen molar-refractivity contribution in [3.63, 3.8) is 0 Å². The summed E-state index contributed by atoms with van der Waals surface area (Å²) in [5.74, 6) is -1.07. The second-order valence-corrected chi connectivity index (χ2v) is 5.66. The van der Waals surface area contributed by atoms with Gasteiger partial charge in [-0.3, -0.25) is 4.79 Å². The Bertz CT molecular complexity index is 525. The lowest BCUT2D eigenvalue weighted by atomic mass is 10.2. The summed E-state index contributed by atoms with van der Waals surface area (Å²) < 4.78 is 11.7. The van der Waals surface area contributed by atoms with Gasteiger partial charge in [-0.25, -0.2) is 5.43 Å². The summed E-state index contributed by atoms with van der Waals surface area (Å²) in [6, 6.07) is 5.85. The number of carbonyl (C=O) groups is 1. The molecule has 2 rings (SSSR count). The molecule has 1 aliphatic rings. The van der Waals surface area contributed by atoms with E-state index >= 15 is 0 Å². The standard InChI is InChI=1S/C14H17BrN2O3/c1-10-3-4-11(7-12(10)15)9-16-17-13(18)8-14(2)19-5-6-20-14/h3-4,7,9H,5-6,8H2,1-2H3,(H,17,18)/b16-9-. The van der Waals surface area contributed by atoms with Gasteiger partial charge in [0.25, 0.3) is 0 Å². The van der Waals surface area contributed by atoms with Crippen LogP contribution in [0, 0.1) is 6.92 Å². The molecule has 1 heterocycles. The van der Waals surface area contributed by atoms with Crippen LogP contribution in [-0.2, 0) is 14.3 Å². The maximum atomic E-state index is 11.7. The molecule has 1 fully saturated rings. The highest BCUT2D eigenvalue weighted by atomic mass is 79.9. The summed E-state index contributed by atoms with van der Waals surface area (Å²) in [4.78, 5) is 11.7. The van der Waals surface area contributed by atoms with E-state index in [1.54, 1.807) is 13.1 Å². The molecule has 0 aliphatic carbocycles. The number of rotatable bonds is 4. The Balaban J connectivity index is 1.86. The second-order valence-electron chi connectivity index (χ2n) is 4.81. The van der Waals surface area contributed by atoms with Crippen molar-refractivity contribution in [3.8, 4) is 0 Å². The van der Waals surface area contributed by atoms with E-state index in [0.717, 1.165) is 15.6 Å². The maximum absolute atomic E-state index is 11.7. The Morgan fingerprint density at radius 3 is 2.85 bits per heavy atom. The zero-order valence-electron chi connectivity index (χ0n) is 11.5. The molecule has 1 aliphatic heterocycles. The first kappa shape index (κ1) is 15.2. The normalized spacial score (nSPS) is 17.6. The van der Waals surface area contributed by atoms with Crippen molar-refractivity contribution in [1.82, 2.24) is 5.43 Å². The van der Waals surface area contributed by atoms with Gasteiger partial charge in [0.1, 0.15) is 0 Å². The fourth-order valence-corrected chi connectivity index (χ4v) is 2.25. The van der Waals surface area contributed by atoms with Crippen molar-refractivity contribution < 1.29 is 14.3 Å². The van der Waals surface area contributed by atoms with Gasteiger partial charge < -0.3 is 9.47 Å². The van der Waals surface area contributed by atoms with Crippen molar-refractivity contribution in [3.05, 3.63) is 33.8 Å². The first-order chi connectivity index (χ1) is 9.48. The van der Waals surface area contributed by atoms with Gasteiger partial charge in [-0.1, -0.05) is 28.1 Å². The third-order valence-electron chi connectivity index (χ3n) is 2.98. The van der Waals surface area contributed by atoms with Crippen LogP contribution in [-0.4, -0.2) is 31.1 Å². The van der Waals surface area contributed by atoms with Gasteiger partial charge in [-0.05, 0) is 31.0 Å². The molecule has 6 heteroatoms. The van der Waals surface area contributed by atoms with Crippen molar-refractivity contribution in [2.24, 2.45) is 5.10 Å². The van der Waals surface area contributed by atoms with Crippen molar-refractivity contribution >= 4 is 28.1 Å². The Morgan fingerprint density at radius 2 is 2.20 bits per heavy atom. The molecule has 5 nitrogen and oxygen atoms in total. The Morgan fingerprint density at radius 1 is 1.50 bits per heavy atom. The van der Waals surface area contributed by atoms with E-state index in [1.807, 2.05) is 25.1 Å². The molecule has 0 radical (unpaired) electrons. The lowest BCUT2D eigenvalue weighted by molar-refractivity contribution is -0.159. The van der Waals surface area contributed by atoms with E-state index in [0.29, 0.717) is 13.2 Å². The monoisotopic (exact) mass is 340 g/mol. The minimum atomic E-state index is -0.827. The molecule has 1 N–H and O–H groups in total. The lowest BCUT2D eigenvalue weighted by Crippen LogP contribution is -2.33. The summed E-state index contributed by atoms with van der Waals surface area (Å²) in [6.07, 6.45) is 1.72. The third kappa shape index (κ3) is 4.13. The molecule has 20 heavy (non-hydrogen) atoms. The summed E-state index contributed by atoms with van der Waals surface area (Å²) in [5, 5.41) is 3.93. The first-order valence-electron chi connectivity index (χ1n) is 6.34. The molecular weight excluding hydrogens is 324 g/mol. The van der Waals surface area contributed by atoms with Crippen LogP contribution in [0.4, 0.5) is 0 Å². The highest BCUT2D eigenvalue weighted by Crippen LogP contribution is 2.22. The molecule has 1 amide bonds. The number of nitrogens with one attached hydrogen (secondary N) is 1. The topological polar surface area (TPSA) is 59.9 Å². The minimum Gasteiger partial charge on any atom is -0.347 e. The molecule has 1 saturated heterocycles. The number of nitrogens with zero attached hydrogens (tertiary/aromatic N) is 1. The van der Waals surface area contributed by atoms with Crippen LogP contribution in [0.1, 0.15) is 24.5 Å². The highest BCUT2D eigenvalue weighted by Gasteiger charge is 2.33. The smallest absolute Gasteiger partial charge is 0.245 e. The number of halogens is 1. The average molecular weight is 341 g/mol. The third-order valence-corrected chi connectivity index (χ3v) is 3.83. The Labute approximate surface area is 126 Å². The average Bonchev–Trinajstić information content (AvgIpc) is 2.80. The number of aryl methyl sites for hydroxylation is 1. The van der Waals surface area contributed by atoms with Gasteiger partial charge in [-0.15, -0.1) is 0 Å². The predicted octanol–water partition coefficient (Wildman–Crippen LogP) is 2.36.